The van der Waals surface area contributed by atoms with E-state index in [9.17, 15) is 0 Å². The summed E-state index contributed by atoms with van der Waals surface area (Å²) >= 11 is 3.56. The molecule has 98 valence electrons. The fraction of sp³-hybridized carbons (Fsp3) is 0.500. The summed E-state index contributed by atoms with van der Waals surface area (Å²) in [7, 11) is 3.86. The summed E-state index contributed by atoms with van der Waals surface area (Å²) in [5.74, 6) is 0. The highest BCUT2D eigenvalue weighted by Crippen LogP contribution is 2.25. The van der Waals surface area contributed by atoms with Crippen LogP contribution in [0.4, 0.5) is 0 Å². The predicted molar refractivity (Wildman–Crippen MR) is 74.2 cm³/mol. The third-order valence-electron chi connectivity index (χ3n) is 3.09. The molecule has 1 atom stereocenters. The maximum absolute atomic E-state index is 6.27. The Morgan fingerprint density at radius 2 is 1.94 bits per heavy atom. The molecule has 6 heteroatoms. The van der Waals surface area contributed by atoms with Gasteiger partial charge in [-0.25, -0.2) is 0 Å². The van der Waals surface area contributed by atoms with E-state index in [0.717, 1.165) is 33.7 Å². The number of hydrogen-bond acceptors (Lipinski definition) is 3. The van der Waals surface area contributed by atoms with Gasteiger partial charge in [-0.05, 0) is 35.8 Å². The average Bonchev–Trinajstić information content (AvgIpc) is 2.73. The quantitative estimate of drug-likeness (QED) is 0.939. The van der Waals surface area contributed by atoms with E-state index in [1.54, 1.807) is 0 Å². The van der Waals surface area contributed by atoms with Crippen molar-refractivity contribution in [1.82, 2.24) is 19.6 Å². The number of nitrogens with zero attached hydrogens (tertiary/aromatic N) is 4. The molecule has 0 saturated heterocycles. The molecule has 2 N–H and O–H groups in total. The number of halogens is 1. The standard InChI is InChI=1S/C12H18BrN5/c1-7-5-10(17(3)15-7)9(14)6-11-12(13)8(2)16-18(11)4/h5,9H,6,14H2,1-4H3. The Labute approximate surface area is 115 Å². The van der Waals surface area contributed by atoms with Gasteiger partial charge in [-0.3, -0.25) is 9.36 Å². The SMILES string of the molecule is Cc1cc(C(N)Cc2c(Br)c(C)nn2C)n(C)n1. The highest BCUT2D eigenvalue weighted by atomic mass is 79.9. The molecule has 0 aromatic carbocycles. The van der Waals surface area contributed by atoms with Crippen LogP contribution in [0, 0.1) is 13.8 Å². The van der Waals surface area contributed by atoms with Gasteiger partial charge in [-0.1, -0.05) is 0 Å². The zero-order valence-electron chi connectivity index (χ0n) is 11.1. The fourth-order valence-electron chi connectivity index (χ4n) is 2.19. The third kappa shape index (κ3) is 2.35. The van der Waals surface area contributed by atoms with Crippen LogP contribution in [0.1, 0.15) is 28.8 Å². The first kappa shape index (κ1) is 13.3. The molecule has 0 fully saturated rings. The Kier molecular flexibility index (Phi) is 3.59. The summed E-state index contributed by atoms with van der Waals surface area (Å²) in [6.45, 7) is 3.95. The van der Waals surface area contributed by atoms with Gasteiger partial charge in [0.1, 0.15) is 0 Å². The van der Waals surface area contributed by atoms with Gasteiger partial charge < -0.3 is 5.73 Å². The topological polar surface area (TPSA) is 61.7 Å². The van der Waals surface area contributed by atoms with Gasteiger partial charge in [0, 0.05) is 20.5 Å². The van der Waals surface area contributed by atoms with Crippen LogP contribution in [0.3, 0.4) is 0 Å². The monoisotopic (exact) mass is 311 g/mol. The number of aryl methyl sites for hydroxylation is 4. The lowest BCUT2D eigenvalue weighted by Crippen LogP contribution is -2.18. The summed E-state index contributed by atoms with van der Waals surface area (Å²) in [4.78, 5) is 0. The number of nitrogens with two attached hydrogens (primary N) is 1. The second kappa shape index (κ2) is 4.85. The van der Waals surface area contributed by atoms with Gasteiger partial charge in [0.2, 0.25) is 0 Å². The van der Waals surface area contributed by atoms with Crippen molar-refractivity contribution in [2.75, 3.05) is 0 Å². The normalized spacial score (nSPS) is 13.0. The van der Waals surface area contributed by atoms with E-state index in [2.05, 4.69) is 26.1 Å². The zero-order chi connectivity index (χ0) is 13.4. The van der Waals surface area contributed by atoms with Gasteiger partial charge in [-0.2, -0.15) is 10.2 Å². The molecule has 0 radical (unpaired) electrons. The van der Waals surface area contributed by atoms with Crippen LogP contribution in [0.25, 0.3) is 0 Å². The summed E-state index contributed by atoms with van der Waals surface area (Å²) in [6, 6.07) is 1.95. The summed E-state index contributed by atoms with van der Waals surface area (Å²) in [5.41, 5.74) is 10.4. The van der Waals surface area contributed by atoms with Crippen molar-refractivity contribution in [2.45, 2.75) is 26.3 Å². The van der Waals surface area contributed by atoms with Crippen LogP contribution in [0.5, 0.6) is 0 Å². The van der Waals surface area contributed by atoms with E-state index < -0.39 is 0 Å². The lowest BCUT2D eigenvalue weighted by Gasteiger charge is -2.12. The number of rotatable bonds is 3. The van der Waals surface area contributed by atoms with Crippen LogP contribution in [0.15, 0.2) is 10.5 Å². The van der Waals surface area contributed by atoms with E-state index in [-0.39, 0.29) is 6.04 Å². The Balaban J connectivity index is 2.26. The molecule has 2 aromatic rings. The minimum absolute atomic E-state index is 0.0812. The molecule has 0 aliphatic carbocycles. The van der Waals surface area contributed by atoms with Crippen molar-refractivity contribution in [2.24, 2.45) is 19.8 Å². The molecule has 5 nitrogen and oxygen atoms in total. The highest BCUT2D eigenvalue weighted by Gasteiger charge is 2.17. The third-order valence-corrected chi connectivity index (χ3v) is 4.12. The molecule has 2 aromatic heterocycles. The Morgan fingerprint density at radius 3 is 2.39 bits per heavy atom. The van der Waals surface area contributed by atoms with Gasteiger partial charge in [0.15, 0.2) is 0 Å². The molecule has 0 bridgehead atoms. The summed E-state index contributed by atoms with van der Waals surface area (Å²) in [5, 5.41) is 8.70. The van der Waals surface area contributed by atoms with Gasteiger partial charge in [-0.15, -0.1) is 0 Å². The van der Waals surface area contributed by atoms with Crippen LogP contribution >= 0.6 is 15.9 Å². The molecule has 18 heavy (non-hydrogen) atoms. The maximum Gasteiger partial charge on any atom is 0.0738 e. The van der Waals surface area contributed by atoms with Gasteiger partial charge >= 0.3 is 0 Å². The van der Waals surface area contributed by atoms with Crippen LogP contribution in [0.2, 0.25) is 0 Å². The van der Waals surface area contributed by atoms with Crippen molar-refractivity contribution in [1.29, 1.82) is 0 Å². The second-order valence-electron chi connectivity index (χ2n) is 4.61. The molecule has 1 unspecified atom stereocenters. The number of aromatic nitrogens is 4. The maximum atomic E-state index is 6.27. The molecule has 2 rings (SSSR count). The number of hydrogen-bond donors (Lipinski definition) is 1. The Bertz CT molecular complexity index is 569. The smallest absolute Gasteiger partial charge is 0.0738 e. The van der Waals surface area contributed by atoms with Crippen LogP contribution in [-0.2, 0) is 20.5 Å². The molecule has 0 spiro atoms. The molecule has 0 aliphatic heterocycles. The minimum atomic E-state index is -0.0812. The van der Waals surface area contributed by atoms with Crippen molar-refractivity contribution < 1.29 is 0 Å². The van der Waals surface area contributed by atoms with E-state index in [0.29, 0.717) is 0 Å². The largest absolute Gasteiger partial charge is 0.322 e. The first-order valence-electron chi connectivity index (χ1n) is 5.84. The van der Waals surface area contributed by atoms with E-state index in [1.165, 1.54) is 0 Å². The van der Waals surface area contributed by atoms with E-state index in [1.807, 2.05) is 43.4 Å². The molecule has 2 heterocycles. The molecule has 0 amide bonds. The van der Waals surface area contributed by atoms with E-state index >= 15 is 0 Å². The Hall–Kier alpha value is -1.14. The van der Waals surface area contributed by atoms with Crippen molar-refractivity contribution in [3.05, 3.63) is 33.3 Å². The lowest BCUT2D eigenvalue weighted by atomic mass is 10.1. The van der Waals surface area contributed by atoms with E-state index in [4.69, 9.17) is 5.73 Å². The molecule has 0 aliphatic rings. The van der Waals surface area contributed by atoms with Crippen LogP contribution in [-0.4, -0.2) is 19.6 Å². The lowest BCUT2D eigenvalue weighted by molar-refractivity contribution is 0.586. The fourth-order valence-corrected chi connectivity index (χ4v) is 2.69. The van der Waals surface area contributed by atoms with Gasteiger partial charge in [0.05, 0.1) is 33.3 Å². The second-order valence-corrected chi connectivity index (χ2v) is 5.41. The van der Waals surface area contributed by atoms with Gasteiger partial charge in [0.25, 0.3) is 0 Å². The first-order valence-corrected chi connectivity index (χ1v) is 6.63. The van der Waals surface area contributed by atoms with Crippen LogP contribution < -0.4 is 5.73 Å². The first-order chi connectivity index (χ1) is 8.40. The zero-order valence-corrected chi connectivity index (χ0v) is 12.7. The minimum Gasteiger partial charge on any atom is -0.322 e. The average molecular weight is 312 g/mol. The summed E-state index contributed by atoms with van der Waals surface area (Å²) < 4.78 is 4.76. The van der Waals surface area contributed by atoms with Crippen molar-refractivity contribution in [3.8, 4) is 0 Å². The highest BCUT2D eigenvalue weighted by molar-refractivity contribution is 9.10. The molecular formula is C12H18BrN5. The van der Waals surface area contributed by atoms with Crippen molar-refractivity contribution >= 4 is 15.9 Å². The molecule has 0 saturated carbocycles. The van der Waals surface area contributed by atoms with Crippen molar-refractivity contribution in [3.63, 3.8) is 0 Å². The summed E-state index contributed by atoms with van der Waals surface area (Å²) in [6.07, 6.45) is 0.733. The molecular weight excluding hydrogens is 294 g/mol. The Morgan fingerprint density at radius 1 is 1.28 bits per heavy atom. The predicted octanol–water partition coefficient (Wildman–Crippen LogP) is 1.78.